The molecular weight excluding hydrogens is 458 g/mol. The van der Waals surface area contributed by atoms with Crippen molar-refractivity contribution in [2.45, 2.75) is 72.6 Å². The molecule has 2 rings (SSSR count). The van der Waals surface area contributed by atoms with Crippen molar-refractivity contribution in [3.8, 4) is 0 Å². The van der Waals surface area contributed by atoms with Crippen LogP contribution in [0.4, 0.5) is 0 Å². The van der Waals surface area contributed by atoms with Crippen LogP contribution in [0.1, 0.15) is 69.8 Å². The van der Waals surface area contributed by atoms with Gasteiger partial charge in [0.05, 0.1) is 0 Å². The second-order valence-electron chi connectivity index (χ2n) is 7.05. The van der Waals surface area contributed by atoms with Gasteiger partial charge in [0.2, 0.25) is 0 Å². The maximum atomic E-state index is 12.1. The summed E-state index contributed by atoms with van der Waals surface area (Å²) >= 11 is 5.18. The van der Waals surface area contributed by atoms with Crippen LogP contribution in [0.3, 0.4) is 0 Å². The molecule has 0 fully saturated rings. The summed E-state index contributed by atoms with van der Waals surface area (Å²) in [6.07, 6.45) is 12.0. The minimum atomic E-state index is -2.43. The van der Waals surface area contributed by atoms with Crippen LogP contribution in [-0.4, -0.2) is 39.4 Å². The van der Waals surface area contributed by atoms with Gasteiger partial charge in [-0.05, 0) is 0 Å². The third kappa shape index (κ3) is 5.01. The molecule has 2 aromatic heterocycles. The predicted octanol–water partition coefficient (Wildman–Crippen LogP) is 5.87. The predicted molar refractivity (Wildman–Crippen MR) is 113 cm³/mol. The molecule has 6 heteroatoms. The summed E-state index contributed by atoms with van der Waals surface area (Å²) in [5.74, 6) is -0.0513. The third-order valence-electron chi connectivity index (χ3n) is 5.15. The molecule has 3 nitrogen and oxygen atoms in total. The van der Waals surface area contributed by atoms with E-state index in [1.807, 2.05) is 11.3 Å². The number of Topliss-reactive ketones (excluding diaryl/α,β-unsaturated/α-hetero) is 1. The zero-order valence-electron chi connectivity index (χ0n) is 15.8. The van der Waals surface area contributed by atoms with Gasteiger partial charge in [0, 0.05) is 0 Å². The van der Waals surface area contributed by atoms with Crippen LogP contribution in [0, 0.1) is 0 Å². The number of fused-ring (bicyclic) bond motifs is 1. The van der Waals surface area contributed by atoms with Gasteiger partial charge in [0.25, 0.3) is 0 Å². The Balaban J connectivity index is 2.44. The molecule has 0 aliphatic rings. The molecule has 0 saturated carbocycles. The molecule has 2 aromatic rings. The van der Waals surface area contributed by atoms with Gasteiger partial charge in [0.15, 0.2) is 0 Å². The number of thiazole rings is 1. The van der Waals surface area contributed by atoms with Crippen LogP contribution < -0.4 is 2.89 Å². The van der Waals surface area contributed by atoms with E-state index in [0.717, 1.165) is 4.83 Å². The molecule has 0 bridgehead atoms. The van der Waals surface area contributed by atoms with Crippen molar-refractivity contribution >= 4 is 54.8 Å². The first-order valence-corrected chi connectivity index (χ1v) is 18.5. The van der Waals surface area contributed by atoms with E-state index in [1.54, 1.807) is 9.22 Å². The third-order valence-corrected chi connectivity index (χ3v) is 24.7. The monoisotopic (exact) mass is 490 g/mol. The normalized spacial score (nSPS) is 12.2. The molecule has 0 spiro atoms. The maximum absolute atomic E-state index is 12.1. The number of nitrogens with zero attached hydrogens (tertiary/aromatic N) is 2. The summed E-state index contributed by atoms with van der Waals surface area (Å²) in [5, 5.41) is 0. The van der Waals surface area contributed by atoms with E-state index < -0.39 is 18.4 Å². The van der Waals surface area contributed by atoms with Crippen molar-refractivity contribution in [3.05, 3.63) is 18.2 Å². The first-order valence-electron chi connectivity index (χ1n) is 9.68. The van der Waals surface area contributed by atoms with Crippen LogP contribution in [0.5, 0.6) is 0 Å². The second-order valence-corrected chi connectivity index (χ2v) is 22.5. The van der Waals surface area contributed by atoms with Crippen molar-refractivity contribution in [2.75, 3.05) is 5.88 Å². The summed E-state index contributed by atoms with van der Waals surface area (Å²) in [7, 11) is 0. The molecule has 0 radical (unpaired) electrons. The van der Waals surface area contributed by atoms with E-state index >= 15 is 0 Å². The van der Waals surface area contributed by atoms with Gasteiger partial charge in [-0.25, -0.2) is 0 Å². The number of hydrogen-bond donors (Lipinski definition) is 0. The van der Waals surface area contributed by atoms with Crippen molar-refractivity contribution in [1.82, 2.24) is 9.38 Å². The number of halogens is 1. The molecule has 140 valence electrons. The minimum absolute atomic E-state index is 0.00976. The Morgan fingerprint density at radius 3 is 2.16 bits per heavy atom. The van der Waals surface area contributed by atoms with E-state index in [2.05, 4.69) is 36.4 Å². The van der Waals surface area contributed by atoms with E-state index in [-0.39, 0.29) is 11.7 Å². The standard InChI is InChI=1S/C7H4ClN2OS.3C4H9.Sn/c8-3-5(11)6-7-10(4-9-6)1-2-12-7;3*1-3-4-2;/h1,4H,3H2;3*1,3-4H2,2H3;. The Hall–Kier alpha value is -0.0713. The molecule has 0 aliphatic heterocycles. The number of unbranched alkanes of at least 4 members (excludes halogenated alkanes) is 3. The molecule has 0 atom stereocenters. The molecule has 2 heterocycles. The van der Waals surface area contributed by atoms with E-state index in [1.165, 1.54) is 51.8 Å². The second kappa shape index (κ2) is 10.3. The molecule has 0 saturated heterocycles. The van der Waals surface area contributed by atoms with Gasteiger partial charge >= 0.3 is 166 Å². The van der Waals surface area contributed by atoms with Crippen molar-refractivity contribution in [2.24, 2.45) is 0 Å². The fourth-order valence-electron chi connectivity index (χ4n) is 3.59. The van der Waals surface area contributed by atoms with Gasteiger partial charge in [-0.1, -0.05) is 0 Å². The van der Waals surface area contributed by atoms with Gasteiger partial charge in [0.1, 0.15) is 0 Å². The number of hydrogen-bond acceptors (Lipinski definition) is 3. The number of ketones is 1. The average Bonchev–Trinajstić information content (AvgIpc) is 3.22. The summed E-state index contributed by atoms with van der Waals surface area (Å²) in [6, 6.07) is 0. The number of carbonyl (C=O) groups excluding carboxylic acids is 1. The molecule has 0 amide bonds. The SMILES string of the molecule is CCC[CH2][Sn]([CH2]CCC)([CH2]CCC)[c]1cn2cnc(C(=O)CCl)c2s1. The zero-order chi connectivity index (χ0) is 18.3. The van der Waals surface area contributed by atoms with Crippen molar-refractivity contribution in [1.29, 1.82) is 0 Å². The quantitative estimate of drug-likeness (QED) is 0.212. The zero-order valence-corrected chi connectivity index (χ0v) is 20.2. The van der Waals surface area contributed by atoms with Gasteiger partial charge in [-0.2, -0.15) is 0 Å². The Morgan fingerprint density at radius 2 is 1.68 bits per heavy atom. The van der Waals surface area contributed by atoms with Gasteiger partial charge in [-0.15, -0.1) is 0 Å². The summed E-state index contributed by atoms with van der Waals surface area (Å²) in [5.41, 5.74) is 0.563. The summed E-state index contributed by atoms with van der Waals surface area (Å²) < 4.78 is 8.05. The summed E-state index contributed by atoms with van der Waals surface area (Å²) in [6.45, 7) is 6.91. The van der Waals surface area contributed by atoms with Crippen LogP contribution in [0.15, 0.2) is 12.5 Å². The Labute approximate surface area is 165 Å². The Morgan fingerprint density at radius 1 is 1.12 bits per heavy atom. The molecular formula is C19H31ClN2OSSn. The van der Waals surface area contributed by atoms with Crippen molar-refractivity contribution in [3.63, 3.8) is 0 Å². The molecule has 25 heavy (non-hydrogen) atoms. The molecule has 0 aliphatic carbocycles. The first-order chi connectivity index (χ1) is 12.1. The number of alkyl halides is 1. The van der Waals surface area contributed by atoms with E-state index in [9.17, 15) is 4.79 Å². The van der Waals surface area contributed by atoms with Crippen LogP contribution in [0.25, 0.3) is 4.83 Å². The molecule has 0 N–H and O–H groups in total. The van der Waals surface area contributed by atoms with Crippen LogP contribution in [-0.2, 0) is 0 Å². The van der Waals surface area contributed by atoms with E-state index in [0.29, 0.717) is 5.69 Å². The Kier molecular flexibility index (Phi) is 8.76. The number of rotatable bonds is 12. The molecule has 0 unspecified atom stereocenters. The van der Waals surface area contributed by atoms with Crippen molar-refractivity contribution < 1.29 is 4.79 Å². The van der Waals surface area contributed by atoms with Crippen LogP contribution in [0.2, 0.25) is 13.3 Å². The number of carbonyl (C=O) groups is 1. The van der Waals surface area contributed by atoms with Crippen LogP contribution >= 0.6 is 22.9 Å². The number of aromatic nitrogens is 2. The topological polar surface area (TPSA) is 34.4 Å². The van der Waals surface area contributed by atoms with Gasteiger partial charge < -0.3 is 0 Å². The average molecular weight is 490 g/mol. The first kappa shape index (κ1) is 21.2. The Bertz CT molecular complexity index is 660. The fraction of sp³-hybridized carbons (Fsp3) is 0.684. The molecule has 0 aromatic carbocycles. The number of imidazole rings is 1. The van der Waals surface area contributed by atoms with Gasteiger partial charge in [-0.3, -0.25) is 0 Å². The fourth-order valence-corrected chi connectivity index (χ4v) is 23.8. The van der Waals surface area contributed by atoms with E-state index in [4.69, 9.17) is 11.6 Å². The summed E-state index contributed by atoms with van der Waals surface area (Å²) in [4.78, 5) is 17.4.